The molecule has 0 fully saturated rings. The molecule has 3 N–H and O–H groups in total. The van der Waals surface area contributed by atoms with Gasteiger partial charge in [-0.05, 0) is 18.6 Å². The minimum Gasteiger partial charge on any atom is -0.380 e. The Morgan fingerprint density at radius 1 is 1.29 bits per heavy atom. The third-order valence-electron chi connectivity index (χ3n) is 2.82. The van der Waals surface area contributed by atoms with Crippen molar-refractivity contribution in [1.82, 2.24) is 4.72 Å². The molecule has 0 heterocycles. The molecule has 1 rings (SSSR count). The highest BCUT2D eigenvalue weighted by atomic mass is 35.5. The van der Waals surface area contributed by atoms with Crippen LogP contribution in [0, 0.1) is 0 Å². The molecule has 0 saturated carbocycles. The van der Waals surface area contributed by atoms with Crippen molar-refractivity contribution in [2.75, 3.05) is 19.8 Å². The molecule has 1 aromatic carbocycles. The van der Waals surface area contributed by atoms with Crippen LogP contribution in [0.3, 0.4) is 0 Å². The Labute approximate surface area is 135 Å². The van der Waals surface area contributed by atoms with E-state index < -0.39 is 10.0 Å². The van der Waals surface area contributed by atoms with Crippen LogP contribution in [0.4, 0.5) is 0 Å². The number of sulfonamides is 1. The first-order chi connectivity index (χ1) is 9.94. The van der Waals surface area contributed by atoms with Crippen molar-refractivity contribution in [3.8, 4) is 0 Å². The number of rotatable bonds is 9. The Bertz CT molecular complexity index is 565. The molecule has 0 atom stereocenters. The molecule has 0 bridgehead atoms. The van der Waals surface area contributed by atoms with Crippen LogP contribution < -0.4 is 10.5 Å². The number of ether oxygens (including phenoxy) is 1. The zero-order chi connectivity index (χ0) is 15.9. The highest BCUT2D eigenvalue weighted by Crippen LogP contribution is 2.30. The maximum absolute atomic E-state index is 12.2. The number of unbranched alkanes of at least 4 members (excludes halogenated alkanes) is 1. The fourth-order valence-electron chi connectivity index (χ4n) is 1.65. The molecule has 0 amide bonds. The summed E-state index contributed by atoms with van der Waals surface area (Å²) in [6.45, 7) is 3.25. The average molecular weight is 355 g/mol. The van der Waals surface area contributed by atoms with Crippen molar-refractivity contribution < 1.29 is 13.2 Å². The second kappa shape index (κ2) is 8.92. The minimum absolute atomic E-state index is 0.0254. The van der Waals surface area contributed by atoms with Crippen LogP contribution in [-0.2, 0) is 21.3 Å². The van der Waals surface area contributed by atoms with Gasteiger partial charge in [-0.25, -0.2) is 13.1 Å². The third-order valence-corrected chi connectivity index (χ3v) is 5.23. The summed E-state index contributed by atoms with van der Waals surface area (Å²) in [6.07, 6.45) is 1.99. The van der Waals surface area contributed by atoms with Crippen molar-refractivity contribution in [3.05, 3.63) is 27.7 Å². The smallest absolute Gasteiger partial charge is 0.242 e. The molecule has 0 spiro atoms. The van der Waals surface area contributed by atoms with Crippen LogP contribution in [0.5, 0.6) is 0 Å². The molecule has 0 aliphatic rings. The lowest BCUT2D eigenvalue weighted by Crippen LogP contribution is -2.28. The van der Waals surface area contributed by atoms with Crippen LogP contribution >= 0.6 is 23.2 Å². The summed E-state index contributed by atoms with van der Waals surface area (Å²) in [7, 11) is -3.71. The van der Waals surface area contributed by atoms with Gasteiger partial charge in [0.2, 0.25) is 10.0 Å². The molecule has 0 aliphatic heterocycles. The van der Waals surface area contributed by atoms with Gasteiger partial charge in [0.15, 0.2) is 0 Å². The highest BCUT2D eigenvalue weighted by molar-refractivity contribution is 7.89. The number of halogens is 2. The Kier molecular flexibility index (Phi) is 7.94. The van der Waals surface area contributed by atoms with Gasteiger partial charge in [0.05, 0.1) is 11.6 Å². The molecule has 0 aromatic heterocycles. The van der Waals surface area contributed by atoms with E-state index in [0.29, 0.717) is 23.8 Å². The summed E-state index contributed by atoms with van der Waals surface area (Å²) in [5, 5.41) is 0.411. The predicted molar refractivity (Wildman–Crippen MR) is 85.3 cm³/mol. The quantitative estimate of drug-likeness (QED) is 0.667. The van der Waals surface area contributed by atoms with Gasteiger partial charge in [0.1, 0.15) is 4.90 Å². The van der Waals surface area contributed by atoms with E-state index in [0.717, 1.165) is 12.8 Å². The summed E-state index contributed by atoms with van der Waals surface area (Å²) < 4.78 is 32.1. The van der Waals surface area contributed by atoms with E-state index in [1.54, 1.807) is 0 Å². The summed E-state index contributed by atoms with van der Waals surface area (Å²) >= 11 is 12.0. The van der Waals surface area contributed by atoms with Gasteiger partial charge < -0.3 is 10.5 Å². The number of benzene rings is 1. The predicted octanol–water partition coefficient (Wildman–Crippen LogP) is 2.55. The van der Waals surface area contributed by atoms with E-state index in [-0.39, 0.29) is 23.0 Å². The lowest BCUT2D eigenvalue weighted by Gasteiger charge is -2.12. The van der Waals surface area contributed by atoms with Gasteiger partial charge in [-0.15, -0.1) is 0 Å². The second-order valence-electron chi connectivity index (χ2n) is 4.41. The molecule has 0 radical (unpaired) electrons. The first-order valence-electron chi connectivity index (χ1n) is 6.68. The fraction of sp³-hybridized carbons (Fsp3) is 0.538. The molecule has 120 valence electrons. The zero-order valence-corrected chi connectivity index (χ0v) is 14.2. The molecule has 0 unspecified atom stereocenters. The molecule has 0 saturated heterocycles. The van der Waals surface area contributed by atoms with Gasteiger partial charge >= 0.3 is 0 Å². The Hall–Kier alpha value is -0.370. The van der Waals surface area contributed by atoms with Gasteiger partial charge in [-0.1, -0.05) is 36.5 Å². The standard InChI is InChI=1S/C13H20Cl2N2O3S/c1-2-3-7-20-8-6-17-21(18,19)12-5-4-11(14)10(9-16)13(12)15/h4-5,17H,2-3,6-9,16H2,1H3. The molecule has 8 heteroatoms. The third kappa shape index (κ3) is 5.39. The van der Waals surface area contributed by atoms with Crippen LogP contribution in [0.15, 0.2) is 17.0 Å². The van der Waals surface area contributed by atoms with Crippen molar-refractivity contribution in [2.45, 2.75) is 31.2 Å². The summed E-state index contributed by atoms with van der Waals surface area (Å²) in [4.78, 5) is -0.0254. The Morgan fingerprint density at radius 2 is 2.00 bits per heavy atom. The first-order valence-corrected chi connectivity index (χ1v) is 8.92. The minimum atomic E-state index is -3.71. The maximum atomic E-state index is 12.2. The average Bonchev–Trinajstić information content (AvgIpc) is 2.43. The van der Waals surface area contributed by atoms with Gasteiger partial charge in [0, 0.05) is 30.3 Å². The normalized spacial score (nSPS) is 11.8. The highest BCUT2D eigenvalue weighted by Gasteiger charge is 2.20. The van der Waals surface area contributed by atoms with Crippen molar-refractivity contribution in [3.63, 3.8) is 0 Å². The van der Waals surface area contributed by atoms with Gasteiger partial charge in [-0.3, -0.25) is 0 Å². The SMILES string of the molecule is CCCCOCCNS(=O)(=O)c1ccc(Cl)c(CN)c1Cl. The molecule has 1 aromatic rings. The number of hydrogen-bond acceptors (Lipinski definition) is 4. The molecular weight excluding hydrogens is 335 g/mol. The van der Waals surface area contributed by atoms with E-state index in [1.165, 1.54) is 12.1 Å². The van der Waals surface area contributed by atoms with Crippen molar-refractivity contribution in [1.29, 1.82) is 0 Å². The monoisotopic (exact) mass is 354 g/mol. The van der Waals surface area contributed by atoms with Gasteiger partial charge in [-0.2, -0.15) is 0 Å². The fourth-order valence-corrected chi connectivity index (χ4v) is 3.59. The molecule has 21 heavy (non-hydrogen) atoms. The number of nitrogens with one attached hydrogen (secondary N) is 1. The van der Waals surface area contributed by atoms with E-state index >= 15 is 0 Å². The Morgan fingerprint density at radius 3 is 2.62 bits per heavy atom. The lowest BCUT2D eigenvalue weighted by atomic mass is 10.2. The van der Waals surface area contributed by atoms with Crippen LogP contribution in [0.1, 0.15) is 25.3 Å². The first kappa shape index (κ1) is 18.7. The topological polar surface area (TPSA) is 81.4 Å². The summed E-state index contributed by atoms with van der Waals surface area (Å²) in [5.74, 6) is 0. The van der Waals surface area contributed by atoms with E-state index in [2.05, 4.69) is 11.6 Å². The van der Waals surface area contributed by atoms with E-state index in [9.17, 15) is 8.42 Å². The largest absolute Gasteiger partial charge is 0.380 e. The number of hydrogen-bond donors (Lipinski definition) is 2. The van der Waals surface area contributed by atoms with Crippen LogP contribution in [0.25, 0.3) is 0 Å². The zero-order valence-electron chi connectivity index (χ0n) is 11.9. The van der Waals surface area contributed by atoms with Gasteiger partial charge in [0.25, 0.3) is 0 Å². The maximum Gasteiger partial charge on any atom is 0.242 e. The lowest BCUT2D eigenvalue weighted by molar-refractivity contribution is 0.136. The summed E-state index contributed by atoms with van der Waals surface area (Å²) in [6, 6.07) is 2.84. The van der Waals surface area contributed by atoms with E-state index in [1.807, 2.05) is 0 Å². The molecule has 0 aliphatic carbocycles. The number of nitrogens with two attached hydrogens (primary N) is 1. The van der Waals surface area contributed by atoms with Crippen molar-refractivity contribution in [2.24, 2.45) is 5.73 Å². The van der Waals surface area contributed by atoms with Crippen LogP contribution in [0.2, 0.25) is 10.0 Å². The van der Waals surface area contributed by atoms with Crippen LogP contribution in [-0.4, -0.2) is 28.2 Å². The molecular formula is C13H20Cl2N2O3S. The Balaban J connectivity index is 2.71. The second-order valence-corrected chi connectivity index (χ2v) is 6.93. The van der Waals surface area contributed by atoms with E-state index in [4.69, 9.17) is 33.7 Å². The van der Waals surface area contributed by atoms with Crippen molar-refractivity contribution >= 4 is 33.2 Å². The summed E-state index contributed by atoms with van der Waals surface area (Å²) in [5.41, 5.74) is 5.94. The molecule has 5 nitrogen and oxygen atoms in total.